The van der Waals surface area contributed by atoms with E-state index in [-0.39, 0.29) is 5.91 Å². The van der Waals surface area contributed by atoms with Gasteiger partial charge < -0.3 is 15.6 Å². The van der Waals surface area contributed by atoms with Gasteiger partial charge in [0, 0.05) is 46.9 Å². The summed E-state index contributed by atoms with van der Waals surface area (Å²) in [6.45, 7) is 1.84. The molecule has 0 fully saturated rings. The standard InChI is InChI=1S/C24H21N7O/c1-16-27-22(14-23(28-16)31-12-4-11-26-31)29-18-7-9-19(10-8-18)30-24(32)13-17-15-25-21-6-3-2-5-20(17)21/h2-12,14-15,25H,13H2,1H3,(H,30,32)(H,27,28,29). The summed E-state index contributed by atoms with van der Waals surface area (Å²) in [5, 5.41) is 11.5. The van der Waals surface area contributed by atoms with E-state index in [9.17, 15) is 4.79 Å². The van der Waals surface area contributed by atoms with E-state index in [1.165, 1.54) is 0 Å². The zero-order chi connectivity index (χ0) is 21.9. The van der Waals surface area contributed by atoms with Gasteiger partial charge in [-0.2, -0.15) is 5.10 Å². The predicted octanol–water partition coefficient (Wildman–Crippen LogP) is 4.38. The molecule has 0 saturated carbocycles. The van der Waals surface area contributed by atoms with E-state index in [1.54, 1.807) is 10.9 Å². The summed E-state index contributed by atoms with van der Waals surface area (Å²) in [5.74, 6) is 1.93. The molecule has 5 rings (SSSR count). The summed E-state index contributed by atoms with van der Waals surface area (Å²) in [6, 6.07) is 19.1. The highest BCUT2D eigenvalue weighted by Crippen LogP contribution is 2.21. The molecule has 3 heterocycles. The molecular formula is C24H21N7O. The summed E-state index contributed by atoms with van der Waals surface area (Å²) in [6.07, 6.45) is 5.73. The largest absolute Gasteiger partial charge is 0.361 e. The van der Waals surface area contributed by atoms with Crippen LogP contribution in [0.2, 0.25) is 0 Å². The van der Waals surface area contributed by atoms with Gasteiger partial charge in [0.15, 0.2) is 5.82 Å². The average molecular weight is 423 g/mol. The number of amides is 1. The molecule has 158 valence electrons. The molecule has 0 atom stereocenters. The number of aromatic amines is 1. The minimum absolute atomic E-state index is 0.0641. The summed E-state index contributed by atoms with van der Waals surface area (Å²) in [7, 11) is 0. The summed E-state index contributed by atoms with van der Waals surface area (Å²) in [5.41, 5.74) is 3.59. The number of fused-ring (bicyclic) bond motifs is 1. The molecule has 0 saturated heterocycles. The minimum Gasteiger partial charge on any atom is -0.361 e. The lowest BCUT2D eigenvalue weighted by atomic mass is 10.1. The topological polar surface area (TPSA) is 101 Å². The Bertz CT molecular complexity index is 1370. The van der Waals surface area contributed by atoms with Crippen LogP contribution >= 0.6 is 0 Å². The third-order valence-electron chi connectivity index (χ3n) is 5.03. The molecule has 0 spiro atoms. The second kappa shape index (κ2) is 8.35. The lowest BCUT2D eigenvalue weighted by molar-refractivity contribution is -0.115. The Morgan fingerprint density at radius 3 is 2.66 bits per heavy atom. The number of aromatic nitrogens is 5. The van der Waals surface area contributed by atoms with Crippen LogP contribution in [0.4, 0.5) is 17.2 Å². The fraction of sp³-hybridized carbons (Fsp3) is 0.0833. The van der Waals surface area contributed by atoms with Gasteiger partial charge in [0.25, 0.3) is 0 Å². The number of anilines is 3. The number of para-hydroxylation sites is 1. The molecule has 3 N–H and O–H groups in total. The van der Waals surface area contributed by atoms with Crippen LogP contribution in [0.3, 0.4) is 0 Å². The molecule has 3 aromatic heterocycles. The van der Waals surface area contributed by atoms with E-state index in [2.05, 4.69) is 30.7 Å². The van der Waals surface area contributed by atoms with Crippen LogP contribution in [0.25, 0.3) is 16.7 Å². The molecule has 0 aliphatic rings. The van der Waals surface area contributed by atoms with Gasteiger partial charge in [-0.3, -0.25) is 4.79 Å². The maximum atomic E-state index is 12.5. The van der Waals surface area contributed by atoms with Crippen molar-refractivity contribution in [1.29, 1.82) is 0 Å². The van der Waals surface area contributed by atoms with E-state index in [0.717, 1.165) is 27.8 Å². The third kappa shape index (κ3) is 4.20. The molecule has 5 aromatic rings. The zero-order valence-electron chi connectivity index (χ0n) is 17.4. The van der Waals surface area contributed by atoms with Crippen LogP contribution in [-0.4, -0.2) is 30.6 Å². The summed E-state index contributed by atoms with van der Waals surface area (Å²) < 4.78 is 1.69. The Hall–Kier alpha value is -4.46. The van der Waals surface area contributed by atoms with Crippen molar-refractivity contribution in [3.05, 3.63) is 90.6 Å². The van der Waals surface area contributed by atoms with Crippen molar-refractivity contribution in [3.8, 4) is 5.82 Å². The Morgan fingerprint density at radius 1 is 1.03 bits per heavy atom. The highest BCUT2D eigenvalue weighted by atomic mass is 16.1. The van der Waals surface area contributed by atoms with E-state index < -0.39 is 0 Å². The van der Waals surface area contributed by atoms with Crippen LogP contribution < -0.4 is 10.6 Å². The van der Waals surface area contributed by atoms with Crippen molar-refractivity contribution in [3.63, 3.8) is 0 Å². The fourth-order valence-corrected chi connectivity index (χ4v) is 3.58. The predicted molar refractivity (Wildman–Crippen MR) is 124 cm³/mol. The fourth-order valence-electron chi connectivity index (χ4n) is 3.58. The molecule has 0 unspecified atom stereocenters. The third-order valence-corrected chi connectivity index (χ3v) is 5.03. The Balaban J connectivity index is 1.25. The van der Waals surface area contributed by atoms with Crippen molar-refractivity contribution in [1.82, 2.24) is 24.7 Å². The molecule has 32 heavy (non-hydrogen) atoms. The molecular weight excluding hydrogens is 402 g/mol. The molecule has 8 heteroatoms. The number of carbonyl (C=O) groups is 1. The second-order valence-electron chi connectivity index (χ2n) is 7.40. The normalized spacial score (nSPS) is 10.9. The highest BCUT2D eigenvalue weighted by molar-refractivity contribution is 5.95. The van der Waals surface area contributed by atoms with E-state index in [1.807, 2.05) is 80.0 Å². The monoisotopic (exact) mass is 423 g/mol. The number of H-pyrrole nitrogens is 1. The van der Waals surface area contributed by atoms with Crippen molar-refractivity contribution in [2.45, 2.75) is 13.3 Å². The molecule has 0 bridgehead atoms. The molecule has 2 aromatic carbocycles. The number of benzene rings is 2. The smallest absolute Gasteiger partial charge is 0.228 e. The Kier molecular flexibility index (Phi) is 5.09. The Morgan fingerprint density at radius 2 is 1.84 bits per heavy atom. The van der Waals surface area contributed by atoms with Crippen molar-refractivity contribution < 1.29 is 4.79 Å². The van der Waals surface area contributed by atoms with Crippen molar-refractivity contribution in [2.24, 2.45) is 0 Å². The highest BCUT2D eigenvalue weighted by Gasteiger charge is 2.09. The number of hydrogen-bond donors (Lipinski definition) is 3. The number of nitrogens with zero attached hydrogens (tertiary/aromatic N) is 4. The number of rotatable bonds is 6. The van der Waals surface area contributed by atoms with Gasteiger partial charge in [0.1, 0.15) is 11.6 Å². The van der Waals surface area contributed by atoms with Crippen molar-refractivity contribution in [2.75, 3.05) is 10.6 Å². The first kappa shape index (κ1) is 19.5. The van der Waals surface area contributed by atoms with Gasteiger partial charge in [-0.05, 0) is 48.9 Å². The van der Waals surface area contributed by atoms with E-state index >= 15 is 0 Å². The van der Waals surface area contributed by atoms with E-state index in [4.69, 9.17) is 0 Å². The lowest BCUT2D eigenvalue weighted by Crippen LogP contribution is -2.14. The Labute approximate surface area is 184 Å². The average Bonchev–Trinajstić information content (AvgIpc) is 3.46. The molecule has 0 aliphatic carbocycles. The molecule has 0 aliphatic heterocycles. The van der Waals surface area contributed by atoms with Gasteiger partial charge >= 0.3 is 0 Å². The number of hydrogen-bond acceptors (Lipinski definition) is 5. The summed E-state index contributed by atoms with van der Waals surface area (Å²) >= 11 is 0. The van der Waals surface area contributed by atoms with E-state index in [0.29, 0.717) is 23.9 Å². The van der Waals surface area contributed by atoms with Crippen LogP contribution in [-0.2, 0) is 11.2 Å². The maximum Gasteiger partial charge on any atom is 0.228 e. The van der Waals surface area contributed by atoms with Crippen LogP contribution in [0.15, 0.2) is 79.3 Å². The molecule has 8 nitrogen and oxygen atoms in total. The second-order valence-corrected chi connectivity index (χ2v) is 7.40. The number of carbonyl (C=O) groups excluding carboxylic acids is 1. The zero-order valence-corrected chi connectivity index (χ0v) is 17.4. The summed E-state index contributed by atoms with van der Waals surface area (Å²) in [4.78, 5) is 24.6. The number of nitrogens with one attached hydrogen (secondary N) is 3. The first-order chi connectivity index (χ1) is 15.6. The van der Waals surface area contributed by atoms with Gasteiger partial charge in [0.05, 0.1) is 6.42 Å². The minimum atomic E-state index is -0.0641. The first-order valence-corrected chi connectivity index (χ1v) is 10.2. The van der Waals surface area contributed by atoms with Gasteiger partial charge in [0.2, 0.25) is 5.91 Å². The SMILES string of the molecule is Cc1nc(Nc2ccc(NC(=O)Cc3c[nH]c4ccccc34)cc2)cc(-n2cccn2)n1. The van der Waals surface area contributed by atoms with Gasteiger partial charge in [-0.1, -0.05) is 18.2 Å². The lowest BCUT2D eigenvalue weighted by Gasteiger charge is -2.10. The van der Waals surface area contributed by atoms with Crippen LogP contribution in [0.5, 0.6) is 0 Å². The molecule has 0 radical (unpaired) electrons. The first-order valence-electron chi connectivity index (χ1n) is 10.2. The van der Waals surface area contributed by atoms with Crippen LogP contribution in [0, 0.1) is 6.92 Å². The van der Waals surface area contributed by atoms with Crippen LogP contribution in [0.1, 0.15) is 11.4 Å². The maximum absolute atomic E-state index is 12.5. The molecule has 1 amide bonds. The quantitative estimate of drug-likeness (QED) is 0.376. The van der Waals surface area contributed by atoms with Gasteiger partial charge in [-0.15, -0.1) is 0 Å². The van der Waals surface area contributed by atoms with Crippen molar-refractivity contribution >= 4 is 34.0 Å². The number of aryl methyl sites for hydroxylation is 1. The van der Waals surface area contributed by atoms with Gasteiger partial charge in [-0.25, -0.2) is 14.6 Å².